The Morgan fingerprint density at radius 2 is 2.26 bits per heavy atom. The summed E-state index contributed by atoms with van der Waals surface area (Å²) in [6.45, 7) is 4.06. The molecule has 0 saturated heterocycles. The van der Waals surface area contributed by atoms with Crippen molar-refractivity contribution in [2.24, 2.45) is 0 Å². The topological polar surface area (TPSA) is 29.9 Å². The first-order valence-corrected chi connectivity index (χ1v) is 6.92. The number of hydrogen-bond donors (Lipinski definition) is 1. The molecule has 0 bridgehead atoms. The number of benzene rings is 1. The third kappa shape index (κ3) is 3.59. The number of imidazole rings is 1. The minimum atomic E-state index is 0.455. The average molecular weight is 255 g/mol. The van der Waals surface area contributed by atoms with Crippen LogP contribution in [0.1, 0.15) is 26.2 Å². The van der Waals surface area contributed by atoms with Crippen LogP contribution < -0.4 is 5.32 Å². The lowest BCUT2D eigenvalue weighted by Gasteiger charge is -2.18. The molecule has 0 saturated carbocycles. The van der Waals surface area contributed by atoms with Gasteiger partial charge in [0.05, 0.1) is 17.4 Å². The van der Waals surface area contributed by atoms with E-state index in [0.717, 1.165) is 37.9 Å². The van der Waals surface area contributed by atoms with Crippen LogP contribution in [0.4, 0.5) is 0 Å². The molecule has 1 aromatic carbocycles. The molecule has 1 heterocycles. The Bertz CT molecular complexity index is 550. The molecule has 1 N–H and O–H groups in total. The second-order valence-electron chi connectivity index (χ2n) is 4.74. The fraction of sp³-hybridized carbons (Fsp3) is 0.438. The van der Waals surface area contributed by atoms with Gasteiger partial charge in [-0.15, -0.1) is 12.3 Å². The summed E-state index contributed by atoms with van der Waals surface area (Å²) >= 11 is 0. The van der Waals surface area contributed by atoms with E-state index >= 15 is 0 Å². The predicted octanol–water partition coefficient (Wildman–Crippen LogP) is 2.82. The van der Waals surface area contributed by atoms with Crippen molar-refractivity contribution in [2.75, 3.05) is 6.54 Å². The van der Waals surface area contributed by atoms with Gasteiger partial charge in [0.15, 0.2) is 0 Å². The van der Waals surface area contributed by atoms with Crippen molar-refractivity contribution in [3.05, 3.63) is 30.6 Å². The van der Waals surface area contributed by atoms with Gasteiger partial charge in [-0.2, -0.15) is 0 Å². The summed E-state index contributed by atoms with van der Waals surface area (Å²) in [7, 11) is 0. The molecule has 0 amide bonds. The summed E-state index contributed by atoms with van der Waals surface area (Å²) < 4.78 is 2.22. The van der Waals surface area contributed by atoms with Gasteiger partial charge >= 0.3 is 0 Å². The molecular weight excluding hydrogens is 234 g/mol. The van der Waals surface area contributed by atoms with Crippen molar-refractivity contribution in [2.45, 2.75) is 38.8 Å². The first kappa shape index (κ1) is 13.6. The first-order chi connectivity index (χ1) is 9.35. The van der Waals surface area contributed by atoms with Crippen molar-refractivity contribution in [3.8, 4) is 12.3 Å². The van der Waals surface area contributed by atoms with Crippen LogP contribution in [-0.2, 0) is 6.54 Å². The molecule has 1 atom stereocenters. The summed E-state index contributed by atoms with van der Waals surface area (Å²) in [4.78, 5) is 4.43. The zero-order valence-electron chi connectivity index (χ0n) is 11.5. The molecule has 1 aromatic heterocycles. The van der Waals surface area contributed by atoms with Crippen LogP contribution >= 0.6 is 0 Å². The Morgan fingerprint density at radius 1 is 1.42 bits per heavy atom. The smallest absolute Gasteiger partial charge is 0.0958 e. The largest absolute Gasteiger partial charge is 0.329 e. The fourth-order valence-corrected chi connectivity index (χ4v) is 2.39. The number of terminal acetylenes is 1. The predicted molar refractivity (Wildman–Crippen MR) is 79.9 cm³/mol. The molecule has 2 rings (SSSR count). The van der Waals surface area contributed by atoms with Gasteiger partial charge in [-0.3, -0.25) is 0 Å². The van der Waals surface area contributed by atoms with E-state index < -0.39 is 0 Å². The van der Waals surface area contributed by atoms with E-state index in [1.165, 1.54) is 5.52 Å². The molecule has 0 radical (unpaired) electrons. The van der Waals surface area contributed by atoms with E-state index in [-0.39, 0.29) is 0 Å². The number of fused-ring (bicyclic) bond motifs is 1. The van der Waals surface area contributed by atoms with Crippen LogP contribution in [0.2, 0.25) is 0 Å². The van der Waals surface area contributed by atoms with Crippen LogP contribution in [0.15, 0.2) is 30.6 Å². The lowest BCUT2D eigenvalue weighted by molar-refractivity contribution is 0.429. The van der Waals surface area contributed by atoms with E-state index in [0.29, 0.717) is 6.04 Å². The van der Waals surface area contributed by atoms with Crippen LogP contribution in [0.3, 0.4) is 0 Å². The molecule has 3 nitrogen and oxygen atoms in total. The summed E-state index contributed by atoms with van der Waals surface area (Å²) in [5, 5.41) is 3.53. The summed E-state index contributed by atoms with van der Waals surface area (Å²) in [5.74, 6) is 2.71. The lowest BCUT2D eigenvalue weighted by atomic mass is 10.1. The van der Waals surface area contributed by atoms with Crippen molar-refractivity contribution in [3.63, 3.8) is 0 Å². The van der Waals surface area contributed by atoms with Crippen molar-refractivity contribution < 1.29 is 0 Å². The van der Waals surface area contributed by atoms with E-state index in [2.05, 4.69) is 39.8 Å². The standard InChI is InChI=1S/C16H21N3/c1-3-5-6-9-14(17-4-2)12-19-13-18-15-10-7-8-11-16(15)19/h1,7-8,10-11,13-14,17H,4-6,9,12H2,2H3. The fourth-order valence-electron chi connectivity index (χ4n) is 2.39. The highest BCUT2D eigenvalue weighted by Crippen LogP contribution is 2.13. The third-order valence-electron chi connectivity index (χ3n) is 3.31. The van der Waals surface area contributed by atoms with Crippen LogP contribution in [0.5, 0.6) is 0 Å². The van der Waals surface area contributed by atoms with Gasteiger partial charge in [-0.1, -0.05) is 19.1 Å². The van der Waals surface area contributed by atoms with Crippen molar-refractivity contribution >= 4 is 11.0 Å². The average Bonchev–Trinajstić information content (AvgIpc) is 2.83. The van der Waals surface area contributed by atoms with Crippen LogP contribution in [-0.4, -0.2) is 22.1 Å². The number of likely N-dealkylation sites (N-methyl/N-ethyl adjacent to an activating group) is 1. The Labute approximate surface area is 115 Å². The van der Waals surface area contributed by atoms with Gasteiger partial charge in [0.1, 0.15) is 0 Å². The zero-order chi connectivity index (χ0) is 13.5. The minimum Gasteiger partial charge on any atom is -0.329 e. The number of nitrogens with zero attached hydrogens (tertiary/aromatic N) is 2. The monoisotopic (exact) mass is 255 g/mol. The summed E-state index contributed by atoms with van der Waals surface area (Å²) in [6, 6.07) is 8.70. The second-order valence-corrected chi connectivity index (χ2v) is 4.74. The molecule has 0 fully saturated rings. The van der Waals surface area contributed by atoms with Gasteiger partial charge < -0.3 is 9.88 Å². The number of hydrogen-bond acceptors (Lipinski definition) is 2. The molecule has 0 aliphatic heterocycles. The Hall–Kier alpha value is -1.79. The molecule has 19 heavy (non-hydrogen) atoms. The Kier molecular flexibility index (Phi) is 5.00. The van der Waals surface area contributed by atoms with E-state index in [9.17, 15) is 0 Å². The minimum absolute atomic E-state index is 0.455. The van der Waals surface area contributed by atoms with Gasteiger partial charge in [0.2, 0.25) is 0 Å². The molecule has 0 spiro atoms. The Morgan fingerprint density at radius 3 is 3.05 bits per heavy atom. The normalized spacial score (nSPS) is 12.4. The maximum Gasteiger partial charge on any atom is 0.0958 e. The highest BCUT2D eigenvalue weighted by molar-refractivity contribution is 5.74. The van der Waals surface area contributed by atoms with E-state index in [1.54, 1.807) is 0 Å². The summed E-state index contributed by atoms with van der Waals surface area (Å²) in [6.07, 6.45) is 10.3. The van der Waals surface area contributed by atoms with Gasteiger partial charge in [-0.25, -0.2) is 4.98 Å². The lowest BCUT2D eigenvalue weighted by Crippen LogP contribution is -2.32. The van der Waals surface area contributed by atoms with Crippen LogP contribution in [0.25, 0.3) is 11.0 Å². The molecule has 100 valence electrons. The van der Waals surface area contributed by atoms with Crippen molar-refractivity contribution in [1.29, 1.82) is 0 Å². The van der Waals surface area contributed by atoms with Gasteiger partial charge in [0, 0.05) is 19.0 Å². The van der Waals surface area contributed by atoms with E-state index in [4.69, 9.17) is 6.42 Å². The Balaban J connectivity index is 2.05. The van der Waals surface area contributed by atoms with E-state index in [1.807, 2.05) is 18.5 Å². The number of para-hydroxylation sites is 2. The van der Waals surface area contributed by atoms with Gasteiger partial charge in [-0.05, 0) is 31.5 Å². The molecule has 0 aliphatic rings. The third-order valence-corrected chi connectivity index (χ3v) is 3.31. The molecule has 1 unspecified atom stereocenters. The number of unbranched alkanes of at least 4 members (excludes halogenated alkanes) is 1. The van der Waals surface area contributed by atoms with Gasteiger partial charge in [0.25, 0.3) is 0 Å². The molecule has 2 aromatic rings. The van der Waals surface area contributed by atoms with Crippen LogP contribution in [0, 0.1) is 12.3 Å². The second kappa shape index (κ2) is 6.96. The quantitative estimate of drug-likeness (QED) is 0.609. The molecule has 3 heteroatoms. The highest BCUT2D eigenvalue weighted by atomic mass is 15.1. The molecule has 0 aliphatic carbocycles. The SMILES string of the molecule is C#CCCCC(Cn1cnc2ccccc21)NCC. The number of rotatable bonds is 7. The number of aromatic nitrogens is 2. The zero-order valence-corrected chi connectivity index (χ0v) is 11.5. The first-order valence-electron chi connectivity index (χ1n) is 6.92. The molecular formula is C16H21N3. The number of nitrogens with one attached hydrogen (secondary N) is 1. The summed E-state index contributed by atoms with van der Waals surface area (Å²) in [5.41, 5.74) is 2.25. The van der Waals surface area contributed by atoms with Crippen molar-refractivity contribution in [1.82, 2.24) is 14.9 Å². The maximum atomic E-state index is 5.31. The maximum absolute atomic E-state index is 5.31. The highest BCUT2D eigenvalue weighted by Gasteiger charge is 2.09.